The van der Waals surface area contributed by atoms with Crippen molar-refractivity contribution in [1.29, 1.82) is 0 Å². The Balaban J connectivity index is 0.00000245. The molecule has 2 aromatic rings. The van der Waals surface area contributed by atoms with Gasteiger partial charge >= 0.3 is 0 Å². The van der Waals surface area contributed by atoms with Crippen LogP contribution in [0.25, 0.3) is 0 Å². The molecule has 0 aliphatic carbocycles. The van der Waals surface area contributed by atoms with E-state index in [0.29, 0.717) is 31.6 Å². The van der Waals surface area contributed by atoms with Crippen molar-refractivity contribution in [2.75, 3.05) is 13.1 Å². The van der Waals surface area contributed by atoms with Crippen molar-refractivity contribution in [3.8, 4) is 5.75 Å². The van der Waals surface area contributed by atoms with Crippen LogP contribution in [0.2, 0.25) is 0 Å². The predicted molar refractivity (Wildman–Crippen MR) is 122 cm³/mol. The summed E-state index contributed by atoms with van der Waals surface area (Å²) in [6.45, 7) is 8.10. The van der Waals surface area contributed by atoms with Gasteiger partial charge in [-0.3, -0.25) is 14.5 Å². The number of nitrogens with one attached hydrogen (secondary N) is 1. The minimum absolute atomic E-state index is 0. The van der Waals surface area contributed by atoms with E-state index in [1.165, 1.54) is 31.5 Å². The van der Waals surface area contributed by atoms with E-state index in [2.05, 4.69) is 28.9 Å². The number of hydrogen-bond acceptors (Lipinski definition) is 5. The smallest absolute Gasteiger partial charge is 0.256 e. The Kier molecular flexibility index (Phi) is 5.54. The van der Waals surface area contributed by atoms with E-state index in [0.717, 1.165) is 28.4 Å². The molecule has 164 valence electrons. The number of amides is 2. The molecule has 0 radical (unpaired) electrons. The first-order valence-corrected chi connectivity index (χ1v) is 11.8. The fraction of sp³-hybridized carbons (Fsp3) is 0.417. The van der Waals surface area contributed by atoms with Crippen molar-refractivity contribution in [2.24, 2.45) is 0 Å². The second-order valence-electron chi connectivity index (χ2n) is 8.55. The van der Waals surface area contributed by atoms with Crippen LogP contribution in [-0.2, 0) is 24.5 Å². The molecule has 1 N–H and O–H groups in total. The van der Waals surface area contributed by atoms with E-state index in [9.17, 15) is 9.59 Å². The second-order valence-corrected chi connectivity index (χ2v) is 9.51. The van der Waals surface area contributed by atoms with Gasteiger partial charge in [-0.2, -0.15) is 0 Å². The summed E-state index contributed by atoms with van der Waals surface area (Å²) in [5.41, 5.74) is 3.74. The number of carbonyl (C=O) groups excluding carboxylic acids is 2. The molecule has 5 rings (SSSR count). The summed E-state index contributed by atoms with van der Waals surface area (Å²) < 4.78 is 6.03. The highest BCUT2D eigenvalue weighted by Crippen LogP contribution is 2.34. The second kappa shape index (κ2) is 8.48. The number of nitrogens with zero attached hydrogens (tertiary/aromatic N) is 2. The standard InChI is InChI=1S/C24H27N3O3S.H2/c1-16-4-9-21(23(28)25-16)27-13-19-20(24(27)29)15-31-22(19)14-30-18-7-5-17(6-8-18)12-26-10-2-3-11-26;/h5-8,15,21H,1-4,9-14H2,(H,25,28);1H/t21-;/m0./s1. The third kappa shape index (κ3) is 4.12. The Morgan fingerprint density at radius 2 is 1.97 bits per heavy atom. The number of fused-ring (bicyclic) bond motifs is 1. The highest BCUT2D eigenvalue weighted by Gasteiger charge is 2.39. The minimum Gasteiger partial charge on any atom is -0.488 e. The van der Waals surface area contributed by atoms with Gasteiger partial charge in [0.2, 0.25) is 5.91 Å². The molecule has 2 saturated heterocycles. The number of thiophene rings is 1. The molecule has 2 fully saturated rings. The quantitative estimate of drug-likeness (QED) is 0.741. The molecule has 0 spiro atoms. The molecule has 2 amide bonds. The molecule has 1 atom stereocenters. The van der Waals surface area contributed by atoms with Crippen LogP contribution in [0.3, 0.4) is 0 Å². The lowest BCUT2D eigenvalue weighted by atomic mass is 10.0. The number of ether oxygens (including phenoxy) is 1. The van der Waals surface area contributed by atoms with Gasteiger partial charge < -0.3 is 15.0 Å². The lowest BCUT2D eigenvalue weighted by molar-refractivity contribution is -0.126. The first-order chi connectivity index (χ1) is 15.1. The van der Waals surface area contributed by atoms with Crippen molar-refractivity contribution in [3.63, 3.8) is 0 Å². The van der Waals surface area contributed by atoms with Gasteiger partial charge in [0.1, 0.15) is 18.4 Å². The molecule has 0 unspecified atom stereocenters. The SMILES string of the molecule is C=C1CC[C@H](N2Cc3c(csc3COc3ccc(CN4CCCC4)cc3)C2=O)C(=O)N1.[HH]. The van der Waals surface area contributed by atoms with Crippen LogP contribution in [0, 0.1) is 0 Å². The maximum atomic E-state index is 12.9. The molecular weight excluding hydrogens is 410 g/mol. The highest BCUT2D eigenvalue weighted by atomic mass is 32.1. The van der Waals surface area contributed by atoms with Crippen LogP contribution < -0.4 is 10.1 Å². The Bertz CT molecular complexity index is 1010. The van der Waals surface area contributed by atoms with Crippen molar-refractivity contribution in [2.45, 2.75) is 51.4 Å². The largest absolute Gasteiger partial charge is 0.488 e. The summed E-state index contributed by atoms with van der Waals surface area (Å²) in [6.07, 6.45) is 3.93. The first kappa shape index (κ1) is 20.3. The zero-order valence-electron chi connectivity index (χ0n) is 17.6. The zero-order valence-corrected chi connectivity index (χ0v) is 18.4. The molecule has 6 nitrogen and oxygen atoms in total. The highest BCUT2D eigenvalue weighted by molar-refractivity contribution is 7.10. The Morgan fingerprint density at radius 3 is 2.71 bits per heavy atom. The number of hydrogen-bond donors (Lipinski definition) is 1. The summed E-state index contributed by atoms with van der Waals surface area (Å²) in [7, 11) is 0. The molecular formula is C24H29N3O3S. The van der Waals surface area contributed by atoms with E-state index >= 15 is 0 Å². The fourth-order valence-electron chi connectivity index (χ4n) is 4.64. The molecule has 3 aliphatic heterocycles. The fourth-order valence-corrected chi connectivity index (χ4v) is 5.59. The van der Waals surface area contributed by atoms with E-state index in [4.69, 9.17) is 4.74 Å². The van der Waals surface area contributed by atoms with Crippen LogP contribution in [0.5, 0.6) is 5.75 Å². The predicted octanol–water partition coefficient (Wildman–Crippen LogP) is 3.92. The molecule has 0 saturated carbocycles. The average molecular weight is 440 g/mol. The summed E-state index contributed by atoms with van der Waals surface area (Å²) in [5.74, 6) is 0.639. The maximum Gasteiger partial charge on any atom is 0.256 e. The Hall–Kier alpha value is -2.64. The number of carbonyl (C=O) groups is 2. The number of piperidine rings is 1. The Labute approximate surface area is 188 Å². The molecule has 7 heteroatoms. The van der Waals surface area contributed by atoms with E-state index in [1.807, 2.05) is 17.5 Å². The van der Waals surface area contributed by atoms with Crippen molar-refractivity contribution in [1.82, 2.24) is 15.1 Å². The summed E-state index contributed by atoms with van der Waals surface area (Å²) >= 11 is 1.56. The average Bonchev–Trinajstić information content (AvgIpc) is 3.47. The number of allylic oxidation sites excluding steroid dienone is 1. The van der Waals surface area contributed by atoms with Crippen molar-refractivity contribution >= 4 is 23.2 Å². The van der Waals surface area contributed by atoms with Gasteiger partial charge in [0.15, 0.2) is 0 Å². The number of rotatable bonds is 6. The Morgan fingerprint density at radius 1 is 1.19 bits per heavy atom. The summed E-state index contributed by atoms with van der Waals surface area (Å²) in [5, 5.41) is 4.68. The van der Waals surface area contributed by atoms with Gasteiger partial charge in [0.25, 0.3) is 5.91 Å². The normalized spacial score (nSPS) is 21.5. The lowest BCUT2D eigenvalue weighted by Gasteiger charge is -2.31. The topological polar surface area (TPSA) is 61.9 Å². The van der Waals surface area contributed by atoms with Gasteiger partial charge in [-0.15, -0.1) is 11.3 Å². The maximum absolute atomic E-state index is 12.9. The van der Waals surface area contributed by atoms with Crippen LogP contribution in [0.15, 0.2) is 41.9 Å². The molecule has 4 heterocycles. The van der Waals surface area contributed by atoms with Gasteiger partial charge in [-0.1, -0.05) is 18.7 Å². The van der Waals surface area contributed by atoms with Crippen molar-refractivity contribution in [3.05, 3.63) is 63.5 Å². The first-order valence-electron chi connectivity index (χ1n) is 10.9. The van der Waals surface area contributed by atoms with E-state index < -0.39 is 6.04 Å². The molecule has 0 bridgehead atoms. The molecule has 3 aliphatic rings. The number of benzene rings is 1. The monoisotopic (exact) mass is 439 g/mol. The van der Waals surface area contributed by atoms with Gasteiger partial charge in [0, 0.05) is 36.0 Å². The third-order valence-electron chi connectivity index (χ3n) is 6.40. The third-order valence-corrected chi connectivity index (χ3v) is 7.40. The van der Waals surface area contributed by atoms with Crippen LogP contribution in [0.1, 0.15) is 53.5 Å². The zero-order chi connectivity index (χ0) is 21.4. The minimum atomic E-state index is -0.424. The summed E-state index contributed by atoms with van der Waals surface area (Å²) in [6, 6.07) is 7.89. The molecule has 1 aromatic carbocycles. The van der Waals surface area contributed by atoms with Crippen LogP contribution >= 0.6 is 11.3 Å². The van der Waals surface area contributed by atoms with E-state index in [-0.39, 0.29) is 13.2 Å². The van der Waals surface area contributed by atoms with Gasteiger partial charge in [0.05, 0.1) is 5.56 Å². The van der Waals surface area contributed by atoms with E-state index in [1.54, 1.807) is 16.2 Å². The molecule has 31 heavy (non-hydrogen) atoms. The van der Waals surface area contributed by atoms with Gasteiger partial charge in [-0.05, 0) is 56.5 Å². The van der Waals surface area contributed by atoms with Gasteiger partial charge in [-0.25, -0.2) is 0 Å². The molecule has 1 aromatic heterocycles. The number of likely N-dealkylation sites (tertiary alicyclic amines) is 1. The van der Waals surface area contributed by atoms with Crippen LogP contribution in [-0.4, -0.2) is 40.7 Å². The lowest BCUT2D eigenvalue weighted by Crippen LogP contribution is -2.49. The van der Waals surface area contributed by atoms with Crippen molar-refractivity contribution < 1.29 is 15.8 Å². The summed E-state index contributed by atoms with van der Waals surface area (Å²) in [4.78, 5) is 30.4. The van der Waals surface area contributed by atoms with Crippen LogP contribution in [0.4, 0.5) is 0 Å².